The molecule has 1 aromatic heterocycles. The molecule has 0 spiro atoms. The van der Waals surface area contributed by atoms with E-state index in [1.165, 1.54) is 26.4 Å². The first-order chi connectivity index (χ1) is 15.8. The molecule has 0 aliphatic rings. The third-order valence-electron chi connectivity index (χ3n) is 4.92. The average molecular weight is 468 g/mol. The van der Waals surface area contributed by atoms with Gasteiger partial charge in [0.05, 0.1) is 31.2 Å². The first-order valence-corrected chi connectivity index (χ1v) is 11.2. The summed E-state index contributed by atoms with van der Waals surface area (Å²) in [5.41, 5.74) is 1.47. The number of hydrogen-bond donors (Lipinski definition) is 2. The average Bonchev–Trinajstić information content (AvgIpc) is 3.27. The zero-order valence-corrected chi connectivity index (χ0v) is 18.8. The van der Waals surface area contributed by atoms with Crippen molar-refractivity contribution in [1.82, 2.24) is 10.3 Å². The molecule has 3 aromatic carbocycles. The number of aromatic nitrogens is 2. The van der Waals surface area contributed by atoms with Crippen LogP contribution in [0.25, 0.3) is 11.0 Å². The van der Waals surface area contributed by atoms with Crippen LogP contribution in [0.2, 0.25) is 0 Å². The Morgan fingerprint density at radius 1 is 0.970 bits per heavy atom. The van der Waals surface area contributed by atoms with Crippen LogP contribution in [0, 0.1) is 6.92 Å². The summed E-state index contributed by atoms with van der Waals surface area (Å²) in [4.78, 5) is 13.0. The van der Waals surface area contributed by atoms with Crippen LogP contribution in [0.1, 0.15) is 15.9 Å². The summed E-state index contributed by atoms with van der Waals surface area (Å²) in [7, 11) is -1.14. The summed E-state index contributed by atoms with van der Waals surface area (Å²) >= 11 is 0. The Bertz CT molecular complexity index is 1450. The second-order valence-electron chi connectivity index (χ2n) is 7.01. The van der Waals surface area contributed by atoms with Gasteiger partial charge in [-0.25, -0.2) is 13.0 Å². The summed E-state index contributed by atoms with van der Waals surface area (Å²) in [5.74, 6) is 0.418. The molecule has 1 amide bonds. The van der Waals surface area contributed by atoms with E-state index in [4.69, 9.17) is 14.1 Å². The molecule has 0 aliphatic heterocycles. The highest BCUT2D eigenvalue weighted by Gasteiger charge is 2.25. The van der Waals surface area contributed by atoms with Gasteiger partial charge >= 0.3 is 0 Å². The Hall–Kier alpha value is -4.12. The largest absolute Gasteiger partial charge is 0.497 e. The second kappa shape index (κ2) is 8.79. The lowest BCUT2D eigenvalue weighted by Gasteiger charge is -2.15. The van der Waals surface area contributed by atoms with Crippen LogP contribution in [0.3, 0.4) is 0 Å². The Morgan fingerprint density at radius 2 is 1.76 bits per heavy atom. The highest BCUT2D eigenvalue weighted by molar-refractivity contribution is 7.93. The Kier molecular flexibility index (Phi) is 5.88. The number of methoxy groups -OCH3 is 2. The Balaban J connectivity index is 1.68. The minimum Gasteiger partial charge on any atom is -0.497 e. The maximum Gasteiger partial charge on any atom is 0.264 e. The number of anilines is 2. The lowest BCUT2D eigenvalue weighted by molar-refractivity contribution is 0.102. The maximum absolute atomic E-state index is 13.3. The monoisotopic (exact) mass is 468 g/mol. The number of ether oxygens (including phenoxy) is 2. The van der Waals surface area contributed by atoms with Gasteiger partial charge in [0.2, 0.25) is 0 Å². The molecule has 0 bridgehead atoms. The van der Waals surface area contributed by atoms with Gasteiger partial charge in [0, 0.05) is 6.07 Å². The number of carbonyl (C=O) groups excluding carboxylic acids is 1. The Morgan fingerprint density at radius 3 is 2.52 bits per heavy atom. The number of aryl methyl sites for hydroxylation is 1. The van der Waals surface area contributed by atoms with E-state index in [0.29, 0.717) is 28.3 Å². The first-order valence-electron chi connectivity index (χ1n) is 9.71. The molecule has 10 nitrogen and oxygen atoms in total. The van der Waals surface area contributed by atoms with Crippen LogP contribution < -0.4 is 19.5 Å². The summed E-state index contributed by atoms with van der Waals surface area (Å²) in [6.07, 6.45) is 0. The fraction of sp³-hybridized carbons (Fsp3) is 0.136. The van der Waals surface area contributed by atoms with Gasteiger partial charge in [-0.2, -0.15) is 0 Å². The van der Waals surface area contributed by atoms with Crippen molar-refractivity contribution >= 4 is 38.3 Å². The smallest absolute Gasteiger partial charge is 0.264 e. The molecule has 170 valence electrons. The van der Waals surface area contributed by atoms with Crippen molar-refractivity contribution in [2.24, 2.45) is 0 Å². The number of fused-ring (bicyclic) bond motifs is 1. The van der Waals surface area contributed by atoms with E-state index in [1.807, 2.05) is 0 Å². The summed E-state index contributed by atoms with van der Waals surface area (Å²) < 4.78 is 44.2. The third-order valence-corrected chi connectivity index (χ3v) is 6.46. The lowest BCUT2D eigenvalue weighted by Crippen LogP contribution is -2.19. The van der Waals surface area contributed by atoms with E-state index in [0.717, 1.165) is 0 Å². The van der Waals surface area contributed by atoms with Crippen LogP contribution in [0.15, 0.2) is 64.1 Å². The van der Waals surface area contributed by atoms with Gasteiger partial charge in [-0.15, -0.1) is 0 Å². The first kappa shape index (κ1) is 22.1. The number of hydrogen-bond acceptors (Lipinski definition) is 8. The summed E-state index contributed by atoms with van der Waals surface area (Å²) in [5, 5.41) is 10.2. The molecule has 0 atom stereocenters. The molecule has 0 aliphatic carbocycles. The van der Waals surface area contributed by atoms with E-state index in [9.17, 15) is 13.2 Å². The normalized spacial score (nSPS) is 11.2. The molecule has 2 N–H and O–H groups in total. The fourth-order valence-electron chi connectivity index (χ4n) is 3.33. The minimum absolute atomic E-state index is 0.0757. The molecule has 33 heavy (non-hydrogen) atoms. The van der Waals surface area contributed by atoms with Crippen molar-refractivity contribution in [3.63, 3.8) is 0 Å². The quantitative estimate of drug-likeness (QED) is 0.420. The highest BCUT2D eigenvalue weighted by Crippen LogP contribution is 2.31. The topological polar surface area (TPSA) is 133 Å². The Labute approximate surface area is 189 Å². The minimum atomic E-state index is -4.12. The molecule has 4 aromatic rings. The van der Waals surface area contributed by atoms with Gasteiger partial charge < -0.3 is 14.8 Å². The molecule has 11 heteroatoms. The van der Waals surface area contributed by atoms with Crippen LogP contribution >= 0.6 is 0 Å². The van der Waals surface area contributed by atoms with Crippen molar-refractivity contribution in [3.05, 3.63) is 65.7 Å². The third kappa shape index (κ3) is 4.30. The van der Waals surface area contributed by atoms with Crippen molar-refractivity contribution in [1.29, 1.82) is 0 Å². The molecule has 0 unspecified atom stereocenters. The van der Waals surface area contributed by atoms with E-state index in [-0.39, 0.29) is 21.7 Å². The molecular weight excluding hydrogens is 448 g/mol. The van der Waals surface area contributed by atoms with Crippen LogP contribution in [0.5, 0.6) is 11.5 Å². The maximum atomic E-state index is 13.3. The summed E-state index contributed by atoms with van der Waals surface area (Å²) in [6.45, 7) is 1.64. The lowest BCUT2D eigenvalue weighted by atomic mass is 10.1. The van der Waals surface area contributed by atoms with Crippen LogP contribution in [-0.2, 0) is 10.0 Å². The van der Waals surface area contributed by atoms with E-state index in [1.54, 1.807) is 49.4 Å². The van der Waals surface area contributed by atoms with Crippen LogP contribution in [-0.4, -0.2) is 38.9 Å². The van der Waals surface area contributed by atoms with Crippen molar-refractivity contribution < 1.29 is 27.3 Å². The molecule has 4 rings (SSSR count). The molecule has 0 saturated carbocycles. The molecule has 0 saturated heterocycles. The molecule has 1 heterocycles. The van der Waals surface area contributed by atoms with Gasteiger partial charge in [0.15, 0.2) is 5.52 Å². The van der Waals surface area contributed by atoms with Gasteiger partial charge in [0.25, 0.3) is 15.9 Å². The SMILES string of the molecule is COc1ccc(NC(=O)c2ccccc2NS(=O)(=O)c2c(C)ccc3nonc23)c(OC)c1. The van der Waals surface area contributed by atoms with Crippen molar-refractivity contribution in [3.8, 4) is 11.5 Å². The van der Waals surface area contributed by atoms with E-state index >= 15 is 0 Å². The van der Waals surface area contributed by atoms with Crippen molar-refractivity contribution in [2.75, 3.05) is 24.3 Å². The van der Waals surface area contributed by atoms with Crippen molar-refractivity contribution in [2.45, 2.75) is 11.8 Å². The van der Waals surface area contributed by atoms with Gasteiger partial charge in [-0.1, -0.05) is 18.2 Å². The van der Waals surface area contributed by atoms with Gasteiger partial charge in [-0.3, -0.25) is 9.52 Å². The number of para-hydroxylation sites is 1. The zero-order valence-electron chi connectivity index (χ0n) is 17.9. The predicted molar refractivity (Wildman–Crippen MR) is 121 cm³/mol. The number of carbonyl (C=O) groups is 1. The molecule has 0 fully saturated rings. The second-order valence-corrected chi connectivity index (χ2v) is 8.63. The highest BCUT2D eigenvalue weighted by atomic mass is 32.2. The predicted octanol–water partition coefficient (Wildman–Crippen LogP) is 3.60. The number of nitrogens with zero attached hydrogens (tertiary/aromatic N) is 2. The van der Waals surface area contributed by atoms with E-state index in [2.05, 4.69) is 20.4 Å². The fourth-order valence-corrected chi connectivity index (χ4v) is 4.78. The molecular formula is C22H20N4O6S. The van der Waals surface area contributed by atoms with E-state index < -0.39 is 15.9 Å². The van der Waals surface area contributed by atoms with Gasteiger partial charge in [-0.05, 0) is 53.1 Å². The zero-order chi connectivity index (χ0) is 23.6. The number of sulfonamides is 1. The number of amides is 1. The number of rotatable bonds is 7. The van der Waals surface area contributed by atoms with Gasteiger partial charge in [0.1, 0.15) is 21.9 Å². The number of benzene rings is 3. The molecule has 0 radical (unpaired) electrons. The standard InChI is InChI=1S/C22H20N4O6S/c1-13-8-10-18-20(25-32-24-18)21(13)33(28,29)26-16-7-5-4-6-15(16)22(27)23-17-11-9-14(30-2)12-19(17)31-3/h4-12,26H,1-3H3,(H,23,27). The van der Waals surface area contributed by atoms with Crippen LogP contribution in [0.4, 0.5) is 11.4 Å². The summed E-state index contributed by atoms with van der Waals surface area (Å²) in [6, 6.07) is 14.4. The number of nitrogens with one attached hydrogen (secondary N) is 2.